The SMILES string of the molecule is CC(C)n1c(CCO)cc2c(F)cccc21. The second kappa shape index (κ2) is 4.26. The van der Waals surface area contributed by atoms with Crippen LogP contribution in [-0.4, -0.2) is 16.3 Å². The maximum absolute atomic E-state index is 13.6. The zero-order valence-electron chi connectivity index (χ0n) is 9.57. The van der Waals surface area contributed by atoms with Crippen LogP contribution < -0.4 is 0 Å². The molecule has 2 nitrogen and oxygen atoms in total. The lowest BCUT2D eigenvalue weighted by molar-refractivity contribution is 0.296. The molecule has 1 aromatic heterocycles. The smallest absolute Gasteiger partial charge is 0.132 e. The summed E-state index contributed by atoms with van der Waals surface area (Å²) in [4.78, 5) is 0. The molecule has 0 fully saturated rings. The van der Waals surface area contributed by atoms with Crippen molar-refractivity contribution in [2.75, 3.05) is 6.61 Å². The zero-order valence-corrected chi connectivity index (χ0v) is 9.57. The highest BCUT2D eigenvalue weighted by molar-refractivity contribution is 5.82. The molecule has 0 radical (unpaired) electrons. The Kier molecular flexibility index (Phi) is 2.97. The van der Waals surface area contributed by atoms with Gasteiger partial charge in [-0.1, -0.05) is 6.07 Å². The van der Waals surface area contributed by atoms with Crippen LogP contribution in [0.5, 0.6) is 0 Å². The lowest BCUT2D eigenvalue weighted by atomic mass is 10.2. The highest BCUT2D eigenvalue weighted by Gasteiger charge is 2.13. The summed E-state index contributed by atoms with van der Waals surface area (Å²) in [5.41, 5.74) is 1.89. The quantitative estimate of drug-likeness (QED) is 0.847. The molecule has 0 amide bonds. The second-order valence-electron chi connectivity index (χ2n) is 4.25. The molecule has 2 aromatic rings. The Hall–Kier alpha value is -1.35. The van der Waals surface area contributed by atoms with E-state index in [2.05, 4.69) is 18.4 Å². The van der Waals surface area contributed by atoms with Gasteiger partial charge >= 0.3 is 0 Å². The molecule has 0 atom stereocenters. The van der Waals surface area contributed by atoms with Gasteiger partial charge < -0.3 is 9.67 Å². The predicted octanol–water partition coefficient (Wildman–Crippen LogP) is 2.90. The molecule has 0 unspecified atom stereocenters. The summed E-state index contributed by atoms with van der Waals surface area (Å²) < 4.78 is 15.7. The van der Waals surface area contributed by atoms with Gasteiger partial charge in [0.1, 0.15) is 5.82 Å². The molecule has 16 heavy (non-hydrogen) atoms. The first-order valence-corrected chi connectivity index (χ1v) is 5.54. The molecule has 0 bridgehead atoms. The van der Waals surface area contributed by atoms with Gasteiger partial charge in [0.05, 0.1) is 5.52 Å². The van der Waals surface area contributed by atoms with E-state index in [1.54, 1.807) is 6.07 Å². The van der Waals surface area contributed by atoms with Crippen LogP contribution in [0.15, 0.2) is 24.3 Å². The molecule has 1 aromatic carbocycles. The molecular formula is C13H16FNO. The van der Waals surface area contributed by atoms with Crippen LogP contribution in [0.2, 0.25) is 0 Å². The number of hydrogen-bond acceptors (Lipinski definition) is 1. The Labute approximate surface area is 94.3 Å². The molecule has 2 rings (SSSR count). The van der Waals surface area contributed by atoms with Gasteiger partial charge in [-0.3, -0.25) is 0 Å². The number of halogens is 1. The summed E-state index contributed by atoms with van der Waals surface area (Å²) in [6, 6.07) is 7.20. The van der Waals surface area contributed by atoms with E-state index >= 15 is 0 Å². The lowest BCUT2D eigenvalue weighted by Crippen LogP contribution is -2.06. The summed E-state index contributed by atoms with van der Waals surface area (Å²) in [5.74, 6) is -0.198. The molecule has 3 heteroatoms. The van der Waals surface area contributed by atoms with Crippen LogP contribution in [0, 0.1) is 5.82 Å². The number of aromatic nitrogens is 1. The number of benzene rings is 1. The highest BCUT2D eigenvalue weighted by atomic mass is 19.1. The number of nitrogens with zero attached hydrogens (tertiary/aromatic N) is 1. The van der Waals surface area contributed by atoms with Crippen molar-refractivity contribution in [1.82, 2.24) is 4.57 Å². The molecule has 0 spiro atoms. The summed E-state index contributed by atoms with van der Waals surface area (Å²) in [6.45, 7) is 4.21. The average Bonchev–Trinajstić information content (AvgIpc) is 2.58. The van der Waals surface area contributed by atoms with E-state index < -0.39 is 0 Å². The van der Waals surface area contributed by atoms with Crippen LogP contribution in [-0.2, 0) is 6.42 Å². The molecule has 0 saturated heterocycles. The van der Waals surface area contributed by atoms with Crippen LogP contribution in [0.4, 0.5) is 4.39 Å². The summed E-state index contributed by atoms with van der Waals surface area (Å²) in [5, 5.41) is 9.65. The monoisotopic (exact) mass is 221 g/mol. The third-order valence-electron chi connectivity index (χ3n) is 2.79. The van der Waals surface area contributed by atoms with Crippen molar-refractivity contribution in [3.63, 3.8) is 0 Å². The Morgan fingerprint density at radius 3 is 2.75 bits per heavy atom. The van der Waals surface area contributed by atoms with Crippen molar-refractivity contribution in [3.8, 4) is 0 Å². The first-order valence-electron chi connectivity index (χ1n) is 5.54. The standard InChI is InChI=1S/C13H16FNO/c1-9(2)15-10(6-7-16)8-11-12(14)4-3-5-13(11)15/h3-5,8-9,16H,6-7H2,1-2H3. The Bertz CT molecular complexity index is 502. The fraction of sp³-hybridized carbons (Fsp3) is 0.385. The molecule has 0 aliphatic heterocycles. The zero-order chi connectivity index (χ0) is 11.7. The third-order valence-corrected chi connectivity index (χ3v) is 2.79. The van der Waals surface area contributed by atoms with Gasteiger partial charge in [-0.25, -0.2) is 4.39 Å². The molecule has 0 aliphatic rings. The van der Waals surface area contributed by atoms with E-state index in [1.165, 1.54) is 6.07 Å². The molecule has 86 valence electrons. The number of hydrogen-bond donors (Lipinski definition) is 1. The predicted molar refractivity (Wildman–Crippen MR) is 63.1 cm³/mol. The summed E-state index contributed by atoms with van der Waals surface area (Å²) in [6.07, 6.45) is 0.562. The van der Waals surface area contributed by atoms with Crippen LogP contribution in [0.3, 0.4) is 0 Å². The molecule has 0 saturated carbocycles. The third kappa shape index (κ3) is 1.71. The van der Waals surface area contributed by atoms with Gasteiger partial charge in [-0.05, 0) is 32.0 Å². The number of fused-ring (bicyclic) bond motifs is 1. The first kappa shape index (κ1) is 11.1. The van der Waals surface area contributed by atoms with Crippen molar-refractivity contribution in [1.29, 1.82) is 0 Å². The van der Waals surface area contributed by atoms with Crippen molar-refractivity contribution < 1.29 is 9.50 Å². The second-order valence-corrected chi connectivity index (χ2v) is 4.25. The van der Waals surface area contributed by atoms with E-state index in [4.69, 9.17) is 5.11 Å². The van der Waals surface area contributed by atoms with Gasteiger partial charge in [0, 0.05) is 30.1 Å². The van der Waals surface area contributed by atoms with Gasteiger partial charge in [-0.15, -0.1) is 0 Å². The fourth-order valence-corrected chi connectivity index (χ4v) is 2.19. The Balaban J connectivity index is 2.70. The number of aliphatic hydroxyl groups is 1. The van der Waals surface area contributed by atoms with Gasteiger partial charge in [0.2, 0.25) is 0 Å². The number of rotatable bonds is 3. The topological polar surface area (TPSA) is 25.2 Å². The van der Waals surface area contributed by atoms with Crippen molar-refractivity contribution in [2.24, 2.45) is 0 Å². The lowest BCUT2D eigenvalue weighted by Gasteiger charge is -2.14. The minimum atomic E-state index is -0.198. The highest BCUT2D eigenvalue weighted by Crippen LogP contribution is 2.26. The minimum absolute atomic E-state index is 0.0880. The number of aliphatic hydroxyl groups excluding tert-OH is 1. The van der Waals surface area contributed by atoms with Crippen LogP contribution in [0.25, 0.3) is 10.9 Å². The van der Waals surface area contributed by atoms with Crippen molar-refractivity contribution in [2.45, 2.75) is 26.3 Å². The Morgan fingerprint density at radius 1 is 1.38 bits per heavy atom. The summed E-state index contributed by atoms with van der Waals surface area (Å²) >= 11 is 0. The molecule has 1 N–H and O–H groups in total. The van der Waals surface area contributed by atoms with Crippen LogP contribution >= 0.6 is 0 Å². The molecular weight excluding hydrogens is 205 g/mol. The maximum Gasteiger partial charge on any atom is 0.132 e. The van der Waals surface area contributed by atoms with E-state index in [-0.39, 0.29) is 18.5 Å². The largest absolute Gasteiger partial charge is 0.396 e. The first-order chi connectivity index (χ1) is 7.65. The minimum Gasteiger partial charge on any atom is -0.396 e. The van der Waals surface area contributed by atoms with Crippen molar-refractivity contribution >= 4 is 10.9 Å². The van der Waals surface area contributed by atoms with Gasteiger partial charge in [-0.2, -0.15) is 0 Å². The van der Waals surface area contributed by atoms with Gasteiger partial charge in [0.15, 0.2) is 0 Å². The van der Waals surface area contributed by atoms with Crippen LogP contribution in [0.1, 0.15) is 25.6 Å². The normalized spacial score (nSPS) is 11.6. The van der Waals surface area contributed by atoms with E-state index in [0.29, 0.717) is 11.8 Å². The Morgan fingerprint density at radius 2 is 2.12 bits per heavy atom. The molecule has 0 aliphatic carbocycles. The van der Waals surface area contributed by atoms with E-state index in [0.717, 1.165) is 11.2 Å². The van der Waals surface area contributed by atoms with Gasteiger partial charge in [0.25, 0.3) is 0 Å². The van der Waals surface area contributed by atoms with E-state index in [9.17, 15) is 4.39 Å². The van der Waals surface area contributed by atoms with E-state index in [1.807, 2.05) is 12.1 Å². The van der Waals surface area contributed by atoms with Crippen molar-refractivity contribution in [3.05, 3.63) is 35.8 Å². The molecule has 1 heterocycles. The fourth-order valence-electron chi connectivity index (χ4n) is 2.19. The maximum atomic E-state index is 13.6. The average molecular weight is 221 g/mol. The summed E-state index contributed by atoms with van der Waals surface area (Å²) in [7, 11) is 0.